The van der Waals surface area contributed by atoms with Crippen LogP contribution in [0.25, 0.3) is 0 Å². The van der Waals surface area contributed by atoms with Crippen molar-refractivity contribution in [3.05, 3.63) is 35.9 Å². The molecule has 0 bridgehead atoms. The third-order valence-corrected chi connectivity index (χ3v) is 6.21. The monoisotopic (exact) mass is 502 g/mol. The second kappa shape index (κ2) is 16.8. The molecule has 0 unspecified atom stereocenters. The number of hydrogen-bond donors (Lipinski definition) is 3. The van der Waals surface area contributed by atoms with Crippen LogP contribution < -0.4 is 16.8 Å². The van der Waals surface area contributed by atoms with E-state index in [2.05, 4.69) is 12.2 Å². The Balaban J connectivity index is 3.14. The van der Waals surface area contributed by atoms with Crippen molar-refractivity contribution in [3.8, 4) is 0 Å². The van der Waals surface area contributed by atoms with Gasteiger partial charge in [-0.25, -0.2) is 0 Å². The molecule has 202 valence electrons. The first-order valence-electron chi connectivity index (χ1n) is 13.3. The number of unbranched alkanes of at least 4 members (excludes halogenated alkanes) is 6. The van der Waals surface area contributed by atoms with Gasteiger partial charge < -0.3 is 16.8 Å². The highest BCUT2D eigenvalue weighted by atomic mass is 16.2. The normalized spacial score (nSPS) is 13.6. The minimum absolute atomic E-state index is 0.0604. The molecule has 0 radical (unpaired) electrons. The average molecular weight is 503 g/mol. The Morgan fingerprint density at radius 1 is 0.917 bits per heavy atom. The van der Waals surface area contributed by atoms with Gasteiger partial charge in [-0.2, -0.15) is 0 Å². The van der Waals surface area contributed by atoms with Crippen LogP contribution in [-0.4, -0.2) is 46.7 Å². The zero-order valence-electron chi connectivity index (χ0n) is 22.5. The van der Waals surface area contributed by atoms with Crippen LogP contribution in [-0.2, 0) is 25.6 Å². The van der Waals surface area contributed by atoms with E-state index in [1.807, 2.05) is 32.0 Å². The van der Waals surface area contributed by atoms with Crippen molar-refractivity contribution in [1.29, 1.82) is 0 Å². The Kier molecular flexibility index (Phi) is 14.6. The lowest BCUT2D eigenvalue weighted by atomic mass is 9.97. The number of imide groups is 1. The molecule has 1 aromatic rings. The number of nitrogens with zero attached hydrogens (tertiary/aromatic N) is 1. The predicted molar refractivity (Wildman–Crippen MR) is 143 cm³/mol. The van der Waals surface area contributed by atoms with Crippen molar-refractivity contribution >= 4 is 23.6 Å². The van der Waals surface area contributed by atoms with Crippen LogP contribution in [0.2, 0.25) is 0 Å². The number of nitrogens with one attached hydrogen (secondary N) is 1. The van der Waals surface area contributed by atoms with Gasteiger partial charge >= 0.3 is 0 Å². The van der Waals surface area contributed by atoms with Crippen molar-refractivity contribution in [2.45, 2.75) is 110 Å². The van der Waals surface area contributed by atoms with Crippen molar-refractivity contribution in [2.75, 3.05) is 0 Å². The maximum absolute atomic E-state index is 13.7. The van der Waals surface area contributed by atoms with Gasteiger partial charge in [0.25, 0.3) is 5.91 Å². The molecule has 8 heteroatoms. The van der Waals surface area contributed by atoms with Crippen LogP contribution in [0.5, 0.6) is 0 Å². The molecule has 0 aliphatic rings. The Labute approximate surface area is 216 Å². The molecule has 1 aromatic carbocycles. The Bertz CT molecular complexity index is 828. The number of rotatable bonds is 17. The number of carbonyl (C=O) groups is 4. The van der Waals surface area contributed by atoms with Gasteiger partial charge in [0.15, 0.2) is 0 Å². The molecule has 5 N–H and O–H groups in total. The Morgan fingerprint density at radius 3 is 2.03 bits per heavy atom. The van der Waals surface area contributed by atoms with Gasteiger partial charge in [-0.3, -0.25) is 24.1 Å². The fraction of sp³-hybridized carbons (Fsp3) is 0.643. The zero-order valence-corrected chi connectivity index (χ0v) is 22.5. The summed E-state index contributed by atoms with van der Waals surface area (Å²) in [7, 11) is 0. The quantitative estimate of drug-likeness (QED) is 0.280. The van der Waals surface area contributed by atoms with Gasteiger partial charge in [-0.15, -0.1) is 0 Å². The lowest BCUT2D eigenvalue weighted by molar-refractivity contribution is -0.154. The summed E-state index contributed by atoms with van der Waals surface area (Å²) in [4.78, 5) is 52.6. The fourth-order valence-corrected chi connectivity index (χ4v) is 4.30. The fourth-order valence-electron chi connectivity index (χ4n) is 4.30. The number of benzene rings is 1. The summed E-state index contributed by atoms with van der Waals surface area (Å²) < 4.78 is 0. The molecule has 0 saturated carbocycles. The summed E-state index contributed by atoms with van der Waals surface area (Å²) >= 11 is 0. The van der Waals surface area contributed by atoms with Crippen LogP contribution in [0.1, 0.15) is 91.0 Å². The molecule has 3 atom stereocenters. The van der Waals surface area contributed by atoms with E-state index >= 15 is 0 Å². The van der Waals surface area contributed by atoms with Gasteiger partial charge in [-0.05, 0) is 24.3 Å². The molecule has 0 aliphatic carbocycles. The van der Waals surface area contributed by atoms with E-state index in [4.69, 9.17) is 11.5 Å². The van der Waals surface area contributed by atoms with E-state index in [0.717, 1.165) is 36.1 Å². The highest BCUT2D eigenvalue weighted by Gasteiger charge is 2.39. The first-order chi connectivity index (χ1) is 17.1. The standard InChI is InChI=1S/C28H46N4O4/c1-5-6-7-8-9-10-14-17-23(29)27(35)32(28(36)24(18-20(2)3)31-21(4)33)25(26(30)34)19-22-15-12-11-13-16-22/h11-13,15-16,20,23-25H,5-10,14,17-19,29H2,1-4H3,(H2,30,34)(H,31,33)/t23-,24-,25-/m0/s1. The van der Waals surface area contributed by atoms with E-state index in [0.29, 0.717) is 12.8 Å². The van der Waals surface area contributed by atoms with E-state index in [9.17, 15) is 19.2 Å². The molecule has 36 heavy (non-hydrogen) atoms. The molecule has 0 heterocycles. The first-order valence-corrected chi connectivity index (χ1v) is 13.3. The molecule has 0 aromatic heterocycles. The van der Waals surface area contributed by atoms with Gasteiger partial charge in [0.2, 0.25) is 17.7 Å². The smallest absolute Gasteiger partial charge is 0.252 e. The van der Waals surface area contributed by atoms with E-state index in [1.165, 1.54) is 26.2 Å². The summed E-state index contributed by atoms with van der Waals surface area (Å²) in [5.74, 6) is -2.42. The van der Waals surface area contributed by atoms with Crippen molar-refractivity contribution in [3.63, 3.8) is 0 Å². The van der Waals surface area contributed by atoms with Crippen LogP contribution in [0.3, 0.4) is 0 Å². The van der Waals surface area contributed by atoms with Gasteiger partial charge in [0, 0.05) is 13.3 Å². The molecule has 0 aliphatic heterocycles. The number of primary amides is 1. The number of nitrogens with two attached hydrogens (primary N) is 2. The van der Waals surface area contributed by atoms with Crippen LogP contribution in [0.4, 0.5) is 0 Å². The molecule has 8 nitrogen and oxygen atoms in total. The summed E-state index contributed by atoms with van der Waals surface area (Å²) in [5.41, 5.74) is 12.8. The molecule has 0 saturated heterocycles. The maximum atomic E-state index is 13.7. The van der Waals surface area contributed by atoms with E-state index < -0.39 is 41.8 Å². The lowest BCUT2D eigenvalue weighted by Crippen LogP contribution is -2.61. The molecule has 4 amide bonds. The highest BCUT2D eigenvalue weighted by Crippen LogP contribution is 2.17. The molecule has 0 fully saturated rings. The second-order valence-corrected chi connectivity index (χ2v) is 10.1. The topological polar surface area (TPSA) is 136 Å². The largest absolute Gasteiger partial charge is 0.368 e. The summed E-state index contributed by atoms with van der Waals surface area (Å²) in [6.07, 6.45) is 8.31. The highest BCUT2D eigenvalue weighted by molar-refractivity contribution is 6.04. The van der Waals surface area contributed by atoms with Crippen molar-refractivity contribution in [2.24, 2.45) is 17.4 Å². The van der Waals surface area contributed by atoms with Crippen molar-refractivity contribution in [1.82, 2.24) is 10.2 Å². The van der Waals surface area contributed by atoms with Gasteiger partial charge in [0.05, 0.1) is 6.04 Å². The minimum Gasteiger partial charge on any atom is -0.368 e. The van der Waals surface area contributed by atoms with E-state index in [-0.39, 0.29) is 12.3 Å². The number of carbonyl (C=O) groups excluding carboxylic acids is 4. The molecule has 0 spiro atoms. The minimum atomic E-state index is -1.21. The second-order valence-electron chi connectivity index (χ2n) is 10.1. The third kappa shape index (κ3) is 11.3. The SMILES string of the molecule is CCCCCCCCC[C@H](N)C(=O)N(C(=O)[C@H](CC(C)C)NC(C)=O)[C@@H](Cc1ccccc1)C(N)=O. The lowest BCUT2D eigenvalue weighted by Gasteiger charge is -2.33. The molecular formula is C28H46N4O4. The zero-order chi connectivity index (χ0) is 27.1. The first kappa shape index (κ1) is 31.3. The third-order valence-electron chi connectivity index (χ3n) is 6.21. The predicted octanol–water partition coefficient (Wildman–Crippen LogP) is 3.46. The van der Waals surface area contributed by atoms with Gasteiger partial charge in [0.1, 0.15) is 12.1 Å². The van der Waals surface area contributed by atoms with Crippen molar-refractivity contribution < 1.29 is 19.2 Å². The Morgan fingerprint density at radius 2 is 1.50 bits per heavy atom. The van der Waals surface area contributed by atoms with Crippen LogP contribution in [0.15, 0.2) is 30.3 Å². The summed E-state index contributed by atoms with van der Waals surface area (Å²) in [6, 6.07) is 5.95. The maximum Gasteiger partial charge on any atom is 0.252 e. The summed E-state index contributed by atoms with van der Waals surface area (Å²) in [5, 5.41) is 2.64. The van der Waals surface area contributed by atoms with Crippen LogP contribution in [0, 0.1) is 5.92 Å². The summed E-state index contributed by atoms with van der Waals surface area (Å²) in [6.45, 7) is 7.31. The number of amides is 4. The average Bonchev–Trinajstić information content (AvgIpc) is 2.82. The molecule has 1 rings (SSSR count). The Hall–Kier alpha value is -2.74. The number of hydrogen-bond acceptors (Lipinski definition) is 5. The van der Waals surface area contributed by atoms with Gasteiger partial charge in [-0.1, -0.05) is 96.0 Å². The van der Waals surface area contributed by atoms with E-state index in [1.54, 1.807) is 12.1 Å². The van der Waals surface area contributed by atoms with Crippen LogP contribution >= 0.6 is 0 Å². The molecular weight excluding hydrogens is 456 g/mol.